The molecule has 0 atom stereocenters. The maximum atomic E-state index is 12.6. The number of aryl methyl sites for hydroxylation is 1. The van der Waals surface area contributed by atoms with Gasteiger partial charge in [0.05, 0.1) is 17.6 Å². The van der Waals surface area contributed by atoms with E-state index in [0.717, 1.165) is 59.7 Å². The Bertz CT molecular complexity index is 1250. The van der Waals surface area contributed by atoms with Gasteiger partial charge in [0, 0.05) is 54.1 Å². The number of H-pyrrole nitrogens is 2. The summed E-state index contributed by atoms with van der Waals surface area (Å²) in [4.78, 5) is 22.9. The molecule has 4 aromatic rings. The van der Waals surface area contributed by atoms with E-state index in [1.54, 1.807) is 6.20 Å². The number of pyridine rings is 1. The van der Waals surface area contributed by atoms with Crippen LogP contribution in [0.1, 0.15) is 21.7 Å². The van der Waals surface area contributed by atoms with Gasteiger partial charge < -0.3 is 20.5 Å². The second-order valence-electron chi connectivity index (χ2n) is 7.90. The lowest BCUT2D eigenvalue weighted by Crippen LogP contribution is -2.43. The first-order valence-corrected chi connectivity index (χ1v) is 10.5. The molecule has 8 nitrogen and oxygen atoms in total. The minimum absolute atomic E-state index is 0.223. The summed E-state index contributed by atoms with van der Waals surface area (Å²) in [6.45, 7) is 7.78. The number of anilines is 2. The standard InChI is InChI=1S/C23H25N7O/c1-14-15(2)28-29-21(14)23(31)26-18-10-17-12-20(27-22(17)25-13-18)16-4-3-5-19(11-16)30-8-6-24-7-9-30/h3-5,10-13,24H,6-9H2,1-2H3,(H,25,27)(H,26,31)(H,28,29). The predicted molar refractivity (Wildman–Crippen MR) is 123 cm³/mol. The van der Waals surface area contributed by atoms with Crippen LogP contribution in [-0.4, -0.2) is 52.3 Å². The van der Waals surface area contributed by atoms with Crippen LogP contribution in [0.5, 0.6) is 0 Å². The fraction of sp³-hybridized carbons (Fsp3) is 0.261. The number of rotatable bonds is 4. The van der Waals surface area contributed by atoms with E-state index in [-0.39, 0.29) is 5.91 Å². The molecule has 0 saturated carbocycles. The SMILES string of the molecule is Cc1n[nH]c(C(=O)Nc2cnc3[nH]c(-c4cccc(N5CCNCC5)c4)cc3c2)c1C. The second-order valence-corrected chi connectivity index (χ2v) is 7.90. The second kappa shape index (κ2) is 7.88. The molecule has 0 bridgehead atoms. The highest BCUT2D eigenvalue weighted by Crippen LogP contribution is 2.28. The van der Waals surface area contributed by atoms with Gasteiger partial charge >= 0.3 is 0 Å². The maximum Gasteiger partial charge on any atom is 0.273 e. The number of aromatic amines is 2. The van der Waals surface area contributed by atoms with Gasteiger partial charge in [0.1, 0.15) is 11.3 Å². The molecule has 4 heterocycles. The molecule has 1 fully saturated rings. The van der Waals surface area contributed by atoms with E-state index in [4.69, 9.17) is 0 Å². The zero-order chi connectivity index (χ0) is 21.4. The van der Waals surface area contributed by atoms with Crippen molar-refractivity contribution in [3.8, 4) is 11.3 Å². The first-order valence-electron chi connectivity index (χ1n) is 10.5. The lowest BCUT2D eigenvalue weighted by Gasteiger charge is -2.29. The van der Waals surface area contributed by atoms with E-state index >= 15 is 0 Å². The number of aromatic nitrogens is 4. The molecule has 1 aliphatic rings. The third-order valence-electron chi connectivity index (χ3n) is 5.85. The van der Waals surface area contributed by atoms with Crippen LogP contribution in [0.15, 0.2) is 42.6 Å². The van der Waals surface area contributed by atoms with Crippen molar-refractivity contribution < 1.29 is 4.79 Å². The zero-order valence-corrected chi connectivity index (χ0v) is 17.6. The van der Waals surface area contributed by atoms with Crippen molar-refractivity contribution in [2.45, 2.75) is 13.8 Å². The third kappa shape index (κ3) is 3.77. The number of amides is 1. The molecule has 31 heavy (non-hydrogen) atoms. The number of benzene rings is 1. The van der Waals surface area contributed by atoms with Crippen LogP contribution in [0.2, 0.25) is 0 Å². The lowest BCUT2D eigenvalue weighted by atomic mass is 10.1. The van der Waals surface area contributed by atoms with Crippen molar-refractivity contribution in [1.82, 2.24) is 25.5 Å². The van der Waals surface area contributed by atoms with Crippen molar-refractivity contribution in [3.63, 3.8) is 0 Å². The number of carbonyl (C=O) groups is 1. The van der Waals surface area contributed by atoms with Crippen LogP contribution in [-0.2, 0) is 0 Å². The highest BCUT2D eigenvalue weighted by atomic mass is 16.1. The van der Waals surface area contributed by atoms with Crippen LogP contribution in [0.4, 0.5) is 11.4 Å². The van der Waals surface area contributed by atoms with E-state index in [9.17, 15) is 4.79 Å². The molecule has 158 valence electrons. The van der Waals surface area contributed by atoms with Crippen LogP contribution in [0.25, 0.3) is 22.3 Å². The van der Waals surface area contributed by atoms with Gasteiger partial charge in [-0.25, -0.2) is 4.98 Å². The van der Waals surface area contributed by atoms with E-state index in [2.05, 4.69) is 66.0 Å². The van der Waals surface area contributed by atoms with Crippen molar-refractivity contribution >= 4 is 28.3 Å². The number of hydrogen-bond acceptors (Lipinski definition) is 5. The predicted octanol–water partition coefficient (Wildman–Crippen LogP) is 3.23. The summed E-state index contributed by atoms with van der Waals surface area (Å²) in [6.07, 6.45) is 1.66. The minimum atomic E-state index is -0.223. The summed E-state index contributed by atoms with van der Waals surface area (Å²) in [5.74, 6) is -0.223. The monoisotopic (exact) mass is 415 g/mol. The quantitative estimate of drug-likeness (QED) is 0.410. The largest absolute Gasteiger partial charge is 0.369 e. The highest BCUT2D eigenvalue weighted by Gasteiger charge is 2.15. The summed E-state index contributed by atoms with van der Waals surface area (Å²) in [7, 11) is 0. The average Bonchev–Trinajstić information content (AvgIpc) is 3.37. The molecule has 0 unspecified atom stereocenters. The summed E-state index contributed by atoms with van der Waals surface area (Å²) in [5, 5.41) is 14.1. The smallest absolute Gasteiger partial charge is 0.273 e. The van der Waals surface area contributed by atoms with Gasteiger partial charge in [-0.05, 0) is 38.1 Å². The van der Waals surface area contributed by atoms with Gasteiger partial charge in [-0.1, -0.05) is 12.1 Å². The van der Waals surface area contributed by atoms with Crippen LogP contribution >= 0.6 is 0 Å². The number of carbonyl (C=O) groups excluding carboxylic acids is 1. The summed E-state index contributed by atoms with van der Waals surface area (Å²) in [6, 6.07) is 12.6. The molecule has 0 radical (unpaired) electrons. The van der Waals surface area contributed by atoms with E-state index in [1.165, 1.54) is 5.69 Å². The normalized spacial score (nSPS) is 14.2. The molecule has 8 heteroatoms. The van der Waals surface area contributed by atoms with E-state index in [0.29, 0.717) is 11.4 Å². The molecule has 3 aromatic heterocycles. The maximum absolute atomic E-state index is 12.6. The molecular formula is C23H25N7O. The van der Waals surface area contributed by atoms with Gasteiger partial charge in [-0.15, -0.1) is 0 Å². The topological polar surface area (TPSA) is 102 Å². The third-order valence-corrected chi connectivity index (χ3v) is 5.85. The Hall–Kier alpha value is -3.65. The van der Waals surface area contributed by atoms with Crippen molar-refractivity contribution in [1.29, 1.82) is 0 Å². The Balaban J connectivity index is 1.40. The molecule has 1 aromatic carbocycles. The van der Waals surface area contributed by atoms with Crippen LogP contribution in [0, 0.1) is 13.8 Å². The van der Waals surface area contributed by atoms with Gasteiger partial charge in [0.25, 0.3) is 5.91 Å². The molecule has 0 aliphatic carbocycles. The van der Waals surface area contributed by atoms with Gasteiger partial charge in [-0.3, -0.25) is 9.89 Å². The molecular weight excluding hydrogens is 390 g/mol. The number of fused-ring (bicyclic) bond motifs is 1. The Morgan fingerprint density at radius 3 is 2.74 bits per heavy atom. The van der Waals surface area contributed by atoms with Crippen LogP contribution in [0.3, 0.4) is 0 Å². The van der Waals surface area contributed by atoms with Crippen molar-refractivity contribution in [2.75, 3.05) is 36.4 Å². The molecule has 4 N–H and O–H groups in total. The highest BCUT2D eigenvalue weighted by molar-refractivity contribution is 6.04. The molecule has 1 saturated heterocycles. The fourth-order valence-corrected chi connectivity index (χ4v) is 3.94. The number of piperazine rings is 1. The summed E-state index contributed by atoms with van der Waals surface area (Å²) in [5.41, 5.74) is 6.90. The van der Waals surface area contributed by atoms with Gasteiger partial charge in [-0.2, -0.15) is 5.10 Å². The Morgan fingerprint density at radius 2 is 1.97 bits per heavy atom. The molecule has 1 amide bonds. The average molecular weight is 416 g/mol. The van der Waals surface area contributed by atoms with Gasteiger partial charge in [0.2, 0.25) is 0 Å². The molecule has 5 rings (SSSR count). The molecule has 1 aliphatic heterocycles. The fourth-order valence-electron chi connectivity index (χ4n) is 3.94. The van der Waals surface area contributed by atoms with Crippen molar-refractivity contribution in [3.05, 3.63) is 59.5 Å². The van der Waals surface area contributed by atoms with Crippen molar-refractivity contribution in [2.24, 2.45) is 0 Å². The first kappa shape index (κ1) is 19.3. The van der Waals surface area contributed by atoms with E-state index in [1.807, 2.05) is 19.9 Å². The Labute approximate surface area is 180 Å². The Kier molecular flexibility index (Phi) is 4.91. The summed E-state index contributed by atoms with van der Waals surface area (Å²) < 4.78 is 0. The zero-order valence-electron chi connectivity index (χ0n) is 17.6. The Morgan fingerprint density at radius 1 is 1.13 bits per heavy atom. The van der Waals surface area contributed by atoms with E-state index < -0.39 is 0 Å². The van der Waals surface area contributed by atoms with Crippen LogP contribution < -0.4 is 15.5 Å². The lowest BCUT2D eigenvalue weighted by molar-refractivity contribution is 0.102. The number of nitrogens with zero attached hydrogens (tertiary/aromatic N) is 3. The first-order chi connectivity index (χ1) is 15.1. The molecule has 0 spiro atoms. The van der Waals surface area contributed by atoms with Gasteiger partial charge in [0.15, 0.2) is 0 Å². The minimum Gasteiger partial charge on any atom is -0.369 e. The summed E-state index contributed by atoms with van der Waals surface area (Å²) >= 11 is 0. The number of hydrogen-bond donors (Lipinski definition) is 4. The number of nitrogens with one attached hydrogen (secondary N) is 4.